The van der Waals surface area contributed by atoms with E-state index in [0.717, 1.165) is 44.9 Å². The molecule has 0 saturated heterocycles. The number of hydrogen-bond donors (Lipinski definition) is 2. The molecule has 0 aliphatic rings. The summed E-state index contributed by atoms with van der Waals surface area (Å²) in [5.41, 5.74) is 5.32. The molecule has 0 saturated carbocycles. The minimum absolute atomic E-state index is 0.269. The largest absolute Gasteiger partial charge is 0.481 e. The smallest absolute Gasteiger partial charge is 0.323 e. The third-order valence-corrected chi connectivity index (χ3v) is 3.12. The lowest BCUT2D eigenvalue weighted by Gasteiger charge is -2.22. The van der Waals surface area contributed by atoms with Gasteiger partial charge in [0.2, 0.25) is 0 Å². The molecule has 0 aliphatic carbocycles. The highest BCUT2D eigenvalue weighted by molar-refractivity contribution is 5.75. The maximum atomic E-state index is 11.7. The van der Waals surface area contributed by atoms with E-state index in [1.807, 2.05) is 20.8 Å². The third kappa shape index (κ3) is 13.6. The standard InChI is InChI=1S/C16H31NO4/c1-16(2,3)21-15(20)13(17)11-9-7-5-4-6-8-10-12-14(18)19/h13H,4-12,17H2,1-3H3,(H,18,19). The SMILES string of the molecule is CC(C)(C)OC(=O)C(N)CCCCCCCCCC(=O)O. The van der Waals surface area contributed by atoms with Gasteiger partial charge >= 0.3 is 11.9 Å². The molecule has 0 fully saturated rings. The average molecular weight is 301 g/mol. The van der Waals surface area contributed by atoms with Gasteiger partial charge in [-0.2, -0.15) is 0 Å². The van der Waals surface area contributed by atoms with Gasteiger partial charge in [-0.15, -0.1) is 0 Å². The lowest BCUT2D eigenvalue weighted by molar-refractivity contribution is -0.156. The van der Waals surface area contributed by atoms with Crippen LogP contribution >= 0.6 is 0 Å². The fourth-order valence-corrected chi connectivity index (χ4v) is 2.02. The Kier molecular flexibility index (Phi) is 10.0. The Bertz CT molecular complexity index is 310. The van der Waals surface area contributed by atoms with Gasteiger partial charge in [0.05, 0.1) is 0 Å². The zero-order chi connectivity index (χ0) is 16.3. The minimum atomic E-state index is -0.717. The molecule has 0 aromatic carbocycles. The fourth-order valence-electron chi connectivity index (χ4n) is 2.02. The van der Waals surface area contributed by atoms with Crippen LogP contribution < -0.4 is 5.73 Å². The van der Waals surface area contributed by atoms with Gasteiger partial charge in [-0.05, 0) is 33.6 Å². The molecule has 0 aromatic heterocycles. The van der Waals surface area contributed by atoms with Crippen molar-refractivity contribution in [3.8, 4) is 0 Å². The number of carboxylic acid groups (broad SMARTS) is 1. The van der Waals surface area contributed by atoms with E-state index in [2.05, 4.69) is 0 Å². The second-order valence-electron chi connectivity index (χ2n) is 6.55. The number of hydrogen-bond acceptors (Lipinski definition) is 4. The molecule has 0 rings (SSSR count). The van der Waals surface area contributed by atoms with Crippen LogP contribution in [0.1, 0.15) is 78.6 Å². The molecule has 0 aromatic rings. The Morgan fingerprint density at radius 2 is 1.48 bits per heavy atom. The van der Waals surface area contributed by atoms with E-state index in [1.165, 1.54) is 0 Å². The van der Waals surface area contributed by atoms with Crippen LogP contribution in [0.2, 0.25) is 0 Å². The Morgan fingerprint density at radius 1 is 1.00 bits per heavy atom. The summed E-state index contributed by atoms with van der Waals surface area (Å²) < 4.78 is 5.23. The molecule has 124 valence electrons. The highest BCUT2D eigenvalue weighted by atomic mass is 16.6. The predicted molar refractivity (Wildman–Crippen MR) is 83.0 cm³/mol. The summed E-state index contributed by atoms with van der Waals surface area (Å²) in [5, 5.41) is 8.50. The van der Waals surface area contributed by atoms with E-state index in [0.29, 0.717) is 6.42 Å². The molecule has 0 spiro atoms. The first-order valence-corrected chi connectivity index (χ1v) is 7.92. The van der Waals surface area contributed by atoms with Crippen molar-refractivity contribution in [2.75, 3.05) is 0 Å². The van der Waals surface area contributed by atoms with Gasteiger partial charge in [0.25, 0.3) is 0 Å². The number of carbonyl (C=O) groups is 2. The molecule has 0 heterocycles. The van der Waals surface area contributed by atoms with Crippen LogP contribution in [0.25, 0.3) is 0 Å². The summed E-state index contributed by atoms with van der Waals surface area (Å²) in [4.78, 5) is 22.0. The maximum absolute atomic E-state index is 11.7. The van der Waals surface area contributed by atoms with Gasteiger partial charge < -0.3 is 15.6 Å². The van der Waals surface area contributed by atoms with E-state index >= 15 is 0 Å². The first-order chi connectivity index (χ1) is 9.72. The topological polar surface area (TPSA) is 89.6 Å². The van der Waals surface area contributed by atoms with Gasteiger partial charge in [-0.3, -0.25) is 9.59 Å². The third-order valence-electron chi connectivity index (χ3n) is 3.12. The highest BCUT2D eigenvalue weighted by Crippen LogP contribution is 2.13. The molecule has 21 heavy (non-hydrogen) atoms. The molecule has 5 nitrogen and oxygen atoms in total. The van der Waals surface area contributed by atoms with Crippen molar-refractivity contribution in [2.45, 2.75) is 90.2 Å². The second kappa shape index (κ2) is 10.6. The summed E-state index contributed by atoms with van der Waals surface area (Å²) in [6.45, 7) is 5.51. The normalized spacial score (nSPS) is 13.0. The minimum Gasteiger partial charge on any atom is -0.481 e. The maximum Gasteiger partial charge on any atom is 0.323 e. The lowest BCUT2D eigenvalue weighted by atomic mass is 10.0. The quantitative estimate of drug-likeness (QED) is 0.451. The highest BCUT2D eigenvalue weighted by Gasteiger charge is 2.21. The molecule has 1 atom stereocenters. The monoisotopic (exact) mass is 301 g/mol. The van der Waals surface area contributed by atoms with Crippen molar-refractivity contribution in [3.63, 3.8) is 0 Å². The predicted octanol–water partition coefficient (Wildman–Crippen LogP) is 3.25. The van der Waals surface area contributed by atoms with E-state index in [9.17, 15) is 9.59 Å². The number of rotatable bonds is 11. The zero-order valence-corrected chi connectivity index (χ0v) is 13.7. The van der Waals surface area contributed by atoms with Crippen LogP contribution in [0.3, 0.4) is 0 Å². The summed E-state index contributed by atoms with van der Waals surface area (Å²) in [6, 6.07) is -0.528. The molecular weight excluding hydrogens is 270 g/mol. The lowest BCUT2D eigenvalue weighted by Crippen LogP contribution is -2.37. The van der Waals surface area contributed by atoms with Gasteiger partial charge in [0.15, 0.2) is 0 Å². The zero-order valence-electron chi connectivity index (χ0n) is 13.7. The van der Waals surface area contributed by atoms with E-state index in [1.54, 1.807) is 0 Å². The first kappa shape index (κ1) is 19.9. The van der Waals surface area contributed by atoms with Crippen molar-refractivity contribution in [2.24, 2.45) is 5.73 Å². The molecule has 1 unspecified atom stereocenters. The van der Waals surface area contributed by atoms with Crippen molar-refractivity contribution in [1.82, 2.24) is 0 Å². The van der Waals surface area contributed by atoms with Crippen LogP contribution in [0.15, 0.2) is 0 Å². The summed E-state index contributed by atoms with van der Waals surface area (Å²) >= 11 is 0. The number of esters is 1. The van der Waals surface area contributed by atoms with Crippen molar-refractivity contribution in [3.05, 3.63) is 0 Å². The Labute approximate surface area is 128 Å². The number of ether oxygens (including phenoxy) is 1. The molecular formula is C16H31NO4. The van der Waals surface area contributed by atoms with Crippen LogP contribution in [-0.4, -0.2) is 28.7 Å². The number of carbonyl (C=O) groups excluding carboxylic acids is 1. The van der Waals surface area contributed by atoms with Crippen LogP contribution in [0, 0.1) is 0 Å². The number of carboxylic acids is 1. The molecule has 0 amide bonds. The second-order valence-corrected chi connectivity index (χ2v) is 6.55. The Hall–Kier alpha value is -1.10. The number of nitrogens with two attached hydrogens (primary N) is 1. The molecule has 5 heteroatoms. The molecule has 3 N–H and O–H groups in total. The van der Waals surface area contributed by atoms with Crippen molar-refractivity contribution >= 4 is 11.9 Å². The van der Waals surface area contributed by atoms with Crippen LogP contribution in [-0.2, 0) is 14.3 Å². The van der Waals surface area contributed by atoms with Crippen molar-refractivity contribution in [1.29, 1.82) is 0 Å². The van der Waals surface area contributed by atoms with E-state index in [-0.39, 0.29) is 12.4 Å². The van der Waals surface area contributed by atoms with Crippen molar-refractivity contribution < 1.29 is 19.4 Å². The first-order valence-electron chi connectivity index (χ1n) is 7.92. The average Bonchev–Trinajstić information content (AvgIpc) is 2.34. The van der Waals surface area contributed by atoms with Gasteiger partial charge in [0, 0.05) is 6.42 Å². The molecule has 0 aliphatic heterocycles. The van der Waals surface area contributed by atoms with Gasteiger partial charge in [0.1, 0.15) is 11.6 Å². The Morgan fingerprint density at radius 3 is 1.95 bits per heavy atom. The molecule has 0 radical (unpaired) electrons. The molecule has 0 bridgehead atoms. The summed E-state index contributed by atoms with van der Waals surface area (Å²) in [5.74, 6) is -1.04. The summed E-state index contributed by atoms with van der Waals surface area (Å²) in [7, 11) is 0. The Balaban J connectivity index is 3.46. The number of unbranched alkanes of at least 4 members (excludes halogenated alkanes) is 6. The van der Waals surface area contributed by atoms with E-state index in [4.69, 9.17) is 15.6 Å². The van der Waals surface area contributed by atoms with Crippen LogP contribution in [0.4, 0.5) is 0 Å². The fraction of sp³-hybridized carbons (Fsp3) is 0.875. The van der Waals surface area contributed by atoms with Crippen LogP contribution in [0.5, 0.6) is 0 Å². The van der Waals surface area contributed by atoms with Gasteiger partial charge in [-0.1, -0.05) is 38.5 Å². The number of aliphatic carboxylic acids is 1. The van der Waals surface area contributed by atoms with Gasteiger partial charge in [-0.25, -0.2) is 0 Å². The summed E-state index contributed by atoms with van der Waals surface area (Å²) in [6.07, 6.45) is 7.94. The van der Waals surface area contributed by atoms with E-state index < -0.39 is 17.6 Å².